The van der Waals surface area contributed by atoms with Gasteiger partial charge >= 0.3 is 5.97 Å². The predicted octanol–water partition coefficient (Wildman–Crippen LogP) is 2.75. The molecule has 5 rings (SSSR count). The van der Waals surface area contributed by atoms with Gasteiger partial charge in [-0.2, -0.15) is 13.8 Å². The average Bonchev–Trinajstić information content (AvgIpc) is 2.97. The first-order chi connectivity index (χ1) is 13.4. The topological polar surface area (TPSA) is 58.6 Å². The van der Waals surface area contributed by atoms with Crippen LogP contribution in [0.2, 0.25) is 0 Å². The fourth-order valence-electron chi connectivity index (χ4n) is 5.13. The number of hydrogen-bond donors (Lipinski definition) is 0. The van der Waals surface area contributed by atoms with Crippen LogP contribution < -0.4 is 9.80 Å². The Hall–Kier alpha value is -1.99. The Morgan fingerprint density at radius 1 is 1.29 bits per heavy atom. The number of esters is 1. The van der Waals surface area contributed by atoms with E-state index in [1.807, 2.05) is 11.8 Å². The van der Waals surface area contributed by atoms with Gasteiger partial charge in [-0.15, -0.1) is 0 Å². The van der Waals surface area contributed by atoms with Crippen molar-refractivity contribution in [3.8, 4) is 0 Å². The molecule has 3 heterocycles. The lowest BCUT2D eigenvalue weighted by molar-refractivity contribution is -0.143. The summed E-state index contributed by atoms with van der Waals surface area (Å²) in [4.78, 5) is 24.9. The lowest BCUT2D eigenvalue weighted by Crippen LogP contribution is -2.47. The van der Waals surface area contributed by atoms with Crippen molar-refractivity contribution in [2.24, 2.45) is 17.8 Å². The van der Waals surface area contributed by atoms with Crippen LogP contribution in [-0.2, 0) is 21.9 Å². The van der Waals surface area contributed by atoms with Crippen LogP contribution in [0.25, 0.3) is 0 Å². The molecule has 4 atom stereocenters. The molecule has 2 saturated heterocycles. The van der Waals surface area contributed by atoms with Crippen LogP contribution in [0.4, 0.5) is 20.5 Å². The van der Waals surface area contributed by atoms with E-state index in [-0.39, 0.29) is 18.1 Å². The molecule has 1 aromatic heterocycles. The van der Waals surface area contributed by atoms with E-state index in [9.17, 15) is 13.6 Å². The molecule has 4 aliphatic rings. The average molecular weight is 392 g/mol. The number of anilines is 2. The number of halogens is 2. The fourth-order valence-corrected chi connectivity index (χ4v) is 5.13. The van der Waals surface area contributed by atoms with E-state index in [4.69, 9.17) is 9.72 Å². The molecule has 0 spiro atoms. The number of alkyl halides is 2. The van der Waals surface area contributed by atoms with E-state index in [1.165, 1.54) is 0 Å². The number of aromatic nitrogens is 2. The molecule has 2 aliphatic heterocycles. The second-order valence-corrected chi connectivity index (χ2v) is 8.62. The first-order valence-electron chi connectivity index (χ1n) is 10.4. The Morgan fingerprint density at radius 2 is 2.04 bits per heavy atom. The first kappa shape index (κ1) is 18.1. The minimum atomic E-state index is -2.87. The highest BCUT2D eigenvalue weighted by atomic mass is 19.3. The maximum absolute atomic E-state index is 14.5. The molecule has 28 heavy (non-hydrogen) atoms. The SMILES string of the molecule is CCOC(=O)C[C@@H]1[C@H]2CN(c3nc(N4CC[C@@H]4C)nc4c3CCC4(F)F)C[C@@H]12. The van der Waals surface area contributed by atoms with Crippen molar-refractivity contribution in [1.82, 2.24) is 9.97 Å². The summed E-state index contributed by atoms with van der Waals surface area (Å²) in [5.74, 6) is -0.639. The van der Waals surface area contributed by atoms with Crippen LogP contribution in [0, 0.1) is 17.8 Å². The van der Waals surface area contributed by atoms with Gasteiger partial charge in [0.1, 0.15) is 11.5 Å². The van der Waals surface area contributed by atoms with Crippen molar-refractivity contribution >= 4 is 17.7 Å². The minimum absolute atomic E-state index is 0.0738. The van der Waals surface area contributed by atoms with Crippen molar-refractivity contribution in [1.29, 1.82) is 0 Å². The molecular weight excluding hydrogens is 366 g/mol. The summed E-state index contributed by atoms with van der Waals surface area (Å²) in [6, 6.07) is 0.293. The lowest BCUT2D eigenvalue weighted by atomic mass is 10.1. The highest BCUT2D eigenvalue weighted by molar-refractivity contribution is 5.70. The molecule has 1 saturated carbocycles. The quantitative estimate of drug-likeness (QED) is 0.719. The number of carbonyl (C=O) groups is 1. The zero-order chi connectivity index (χ0) is 19.6. The molecule has 0 N–H and O–H groups in total. The Morgan fingerprint density at radius 3 is 2.64 bits per heavy atom. The molecule has 0 aromatic carbocycles. The van der Waals surface area contributed by atoms with Crippen molar-refractivity contribution < 1.29 is 18.3 Å². The van der Waals surface area contributed by atoms with E-state index in [1.54, 1.807) is 0 Å². The van der Waals surface area contributed by atoms with Crippen molar-refractivity contribution in [2.45, 2.75) is 51.5 Å². The second-order valence-electron chi connectivity index (χ2n) is 8.62. The van der Waals surface area contributed by atoms with Crippen molar-refractivity contribution in [3.63, 3.8) is 0 Å². The van der Waals surface area contributed by atoms with Gasteiger partial charge in [0.05, 0.1) is 6.61 Å². The minimum Gasteiger partial charge on any atom is -0.466 e. The largest absolute Gasteiger partial charge is 0.466 e. The van der Waals surface area contributed by atoms with E-state index in [2.05, 4.69) is 16.8 Å². The number of nitrogens with zero attached hydrogens (tertiary/aromatic N) is 4. The van der Waals surface area contributed by atoms with Crippen molar-refractivity contribution in [3.05, 3.63) is 11.3 Å². The molecule has 6 nitrogen and oxygen atoms in total. The molecule has 152 valence electrons. The van der Waals surface area contributed by atoms with E-state index in [0.717, 1.165) is 26.1 Å². The van der Waals surface area contributed by atoms with Gasteiger partial charge in [-0.1, -0.05) is 0 Å². The predicted molar refractivity (Wildman–Crippen MR) is 99.6 cm³/mol. The maximum atomic E-state index is 14.5. The third-order valence-electron chi connectivity index (χ3n) is 6.96. The highest BCUT2D eigenvalue weighted by Crippen LogP contribution is 2.55. The number of fused-ring (bicyclic) bond motifs is 2. The van der Waals surface area contributed by atoms with Gasteiger partial charge in [-0.05, 0) is 44.4 Å². The molecule has 0 unspecified atom stereocenters. The number of ether oxygens (including phenoxy) is 1. The highest BCUT2D eigenvalue weighted by Gasteiger charge is 2.57. The van der Waals surface area contributed by atoms with E-state index >= 15 is 0 Å². The van der Waals surface area contributed by atoms with Crippen molar-refractivity contribution in [2.75, 3.05) is 36.0 Å². The third-order valence-corrected chi connectivity index (χ3v) is 6.96. The molecule has 3 fully saturated rings. The summed E-state index contributed by atoms with van der Waals surface area (Å²) in [6.07, 6.45) is 1.64. The molecule has 8 heteroatoms. The van der Waals surface area contributed by atoms with Gasteiger partial charge in [0.25, 0.3) is 5.92 Å². The second kappa shape index (κ2) is 6.26. The summed E-state index contributed by atoms with van der Waals surface area (Å²) in [5, 5.41) is 0. The Kier molecular flexibility index (Phi) is 4.04. The Balaban J connectivity index is 1.37. The van der Waals surface area contributed by atoms with Crippen LogP contribution in [0.1, 0.15) is 44.4 Å². The van der Waals surface area contributed by atoms with Gasteiger partial charge in [-0.3, -0.25) is 4.79 Å². The molecule has 0 bridgehead atoms. The van der Waals surface area contributed by atoms with Gasteiger partial charge in [-0.25, -0.2) is 4.98 Å². The monoisotopic (exact) mass is 392 g/mol. The van der Waals surface area contributed by atoms with E-state index < -0.39 is 5.92 Å². The van der Waals surface area contributed by atoms with E-state index in [0.29, 0.717) is 60.6 Å². The van der Waals surface area contributed by atoms with Gasteiger partial charge in [0.15, 0.2) is 0 Å². The zero-order valence-corrected chi connectivity index (χ0v) is 16.3. The standard InChI is InChI=1S/C20H26F2N4O2/c1-3-28-16(27)8-13-14-9-25(10-15(13)14)18-12-4-6-20(21,22)17(12)23-19(24-18)26-7-5-11(26)2/h11,13-15H,3-10H2,1-2H3/t11-,13-,14-,15+/m0/s1. The lowest BCUT2D eigenvalue weighted by Gasteiger charge is -2.39. The third kappa shape index (κ3) is 2.75. The summed E-state index contributed by atoms with van der Waals surface area (Å²) in [6.45, 7) is 6.67. The maximum Gasteiger partial charge on any atom is 0.306 e. The number of rotatable bonds is 5. The zero-order valence-electron chi connectivity index (χ0n) is 16.3. The normalized spacial score (nSPS) is 32.0. The van der Waals surface area contributed by atoms with Gasteiger partial charge < -0.3 is 14.5 Å². The molecular formula is C20H26F2N4O2. The summed E-state index contributed by atoms with van der Waals surface area (Å²) < 4.78 is 34.0. The molecule has 0 amide bonds. The van der Waals surface area contributed by atoms with Gasteiger partial charge in [0.2, 0.25) is 5.95 Å². The number of carbonyl (C=O) groups excluding carboxylic acids is 1. The molecule has 1 aromatic rings. The first-order valence-corrected chi connectivity index (χ1v) is 10.4. The fraction of sp³-hybridized carbons (Fsp3) is 0.750. The van der Waals surface area contributed by atoms with Crippen LogP contribution in [0.5, 0.6) is 0 Å². The van der Waals surface area contributed by atoms with Crippen LogP contribution in [0.3, 0.4) is 0 Å². The smallest absolute Gasteiger partial charge is 0.306 e. The number of hydrogen-bond acceptors (Lipinski definition) is 6. The summed E-state index contributed by atoms with van der Waals surface area (Å²) >= 11 is 0. The Labute approximate surface area is 163 Å². The molecule has 2 aliphatic carbocycles. The summed E-state index contributed by atoms with van der Waals surface area (Å²) in [5.41, 5.74) is 0.542. The van der Waals surface area contributed by atoms with Crippen LogP contribution in [-0.4, -0.2) is 48.2 Å². The number of piperidine rings is 1. The van der Waals surface area contributed by atoms with Gasteiger partial charge in [0, 0.05) is 44.1 Å². The van der Waals surface area contributed by atoms with Crippen LogP contribution in [0.15, 0.2) is 0 Å². The van der Waals surface area contributed by atoms with Crippen LogP contribution >= 0.6 is 0 Å². The Bertz CT molecular complexity index is 806. The summed E-state index contributed by atoms with van der Waals surface area (Å²) in [7, 11) is 0. The molecule has 0 radical (unpaired) electrons.